The average molecular weight is 341 g/mol. The molecule has 0 aliphatic carbocycles. The van der Waals surface area contributed by atoms with Crippen LogP contribution in [0.5, 0.6) is 0 Å². The van der Waals surface area contributed by atoms with Crippen molar-refractivity contribution in [3.63, 3.8) is 0 Å². The summed E-state index contributed by atoms with van der Waals surface area (Å²) in [6.45, 7) is 12.5. The molecule has 0 N–H and O–H groups in total. The highest BCUT2D eigenvalue weighted by Crippen LogP contribution is 2.39. The van der Waals surface area contributed by atoms with E-state index in [0.29, 0.717) is 0 Å². The Morgan fingerprint density at radius 1 is 0.583 bits per heavy atom. The molecule has 0 amide bonds. The number of ether oxygens (including phenoxy) is 1. The maximum atomic E-state index is 6.61. The first-order chi connectivity index (χ1) is 11.7. The fraction of sp³-hybridized carbons (Fsp3) is 1.00. The standard InChI is InChI=1S/C23H48O/c1-6-11-13-14-15-16-18-22(17-12-7-2)23(19-8-3,20-9-4)24-21-10-5/h22H,6-21H2,1-5H3. The highest BCUT2D eigenvalue weighted by atomic mass is 16.5. The van der Waals surface area contributed by atoms with Crippen LogP contribution >= 0.6 is 0 Å². The fourth-order valence-corrected chi connectivity index (χ4v) is 4.24. The summed E-state index contributed by atoms with van der Waals surface area (Å²) in [5, 5.41) is 0. The van der Waals surface area contributed by atoms with Crippen LogP contribution < -0.4 is 0 Å². The minimum Gasteiger partial charge on any atom is -0.375 e. The molecular weight excluding hydrogens is 292 g/mol. The zero-order valence-corrected chi connectivity index (χ0v) is 17.8. The first-order valence-corrected chi connectivity index (χ1v) is 11.3. The van der Waals surface area contributed by atoms with E-state index in [0.717, 1.165) is 18.9 Å². The maximum Gasteiger partial charge on any atom is 0.0710 e. The van der Waals surface area contributed by atoms with E-state index in [1.807, 2.05) is 0 Å². The quantitative estimate of drug-likeness (QED) is 0.228. The summed E-state index contributed by atoms with van der Waals surface area (Å²) < 4.78 is 6.61. The molecule has 0 fully saturated rings. The lowest BCUT2D eigenvalue weighted by Gasteiger charge is -2.41. The molecule has 0 aliphatic rings. The van der Waals surface area contributed by atoms with Gasteiger partial charge in [0.15, 0.2) is 0 Å². The van der Waals surface area contributed by atoms with Gasteiger partial charge in [0.2, 0.25) is 0 Å². The Bertz CT molecular complexity index is 242. The second-order valence-electron chi connectivity index (χ2n) is 7.81. The molecule has 0 bridgehead atoms. The summed E-state index contributed by atoms with van der Waals surface area (Å²) in [6.07, 6.45) is 20.0. The van der Waals surface area contributed by atoms with Crippen molar-refractivity contribution in [1.82, 2.24) is 0 Å². The Labute approximate surface area is 154 Å². The van der Waals surface area contributed by atoms with Gasteiger partial charge in [-0.05, 0) is 38.0 Å². The molecule has 0 spiro atoms. The Hall–Kier alpha value is -0.0400. The van der Waals surface area contributed by atoms with Gasteiger partial charge in [-0.25, -0.2) is 0 Å². The number of rotatable bonds is 18. The van der Waals surface area contributed by atoms with Crippen LogP contribution in [0.25, 0.3) is 0 Å². The minimum absolute atomic E-state index is 0.165. The topological polar surface area (TPSA) is 9.23 Å². The van der Waals surface area contributed by atoms with Gasteiger partial charge in [0.05, 0.1) is 5.60 Å². The van der Waals surface area contributed by atoms with Crippen LogP contribution in [-0.2, 0) is 4.74 Å². The molecule has 24 heavy (non-hydrogen) atoms. The van der Waals surface area contributed by atoms with E-state index in [-0.39, 0.29) is 5.60 Å². The van der Waals surface area contributed by atoms with Crippen LogP contribution in [0.3, 0.4) is 0 Å². The van der Waals surface area contributed by atoms with E-state index in [2.05, 4.69) is 34.6 Å². The molecule has 0 radical (unpaired) electrons. The smallest absolute Gasteiger partial charge is 0.0710 e. The van der Waals surface area contributed by atoms with Crippen molar-refractivity contribution >= 4 is 0 Å². The predicted octanol–water partition coefficient (Wildman–Crippen LogP) is 8.31. The normalized spacial score (nSPS) is 13.4. The second kappa shape index (κ2) is 16.4. The van der Waals surface area contributed by atoms with Crippen LogP contribution in [0.4, 0.5) is 0 Å². The number of hydrogen-bond acceptors (Lipinski definition) is 1. The van der Waals surface area contributed by atoms with Gasteiger partial charge < -0.3 is 4.74 Å². The molecular formula is C23H48O. The van der Waals surface area contributed by atoms with E-state index in [1.165, 1.54) is 89.9 Å². The van der Waals surface area contributed by atoms with Crippen molar-refractivity contribution in [2.24, 2.45) is 5.92 Å². The van der Waals surface area contributed by atoms with Gasteiger partial charge in [-0.15, -0.1) is 0 Å². The van der Waals surface area contributed by atoms with Crippen molar-refractivity contribution in [3.05, 3.63) is 0 Å². The first-order valence-electron chi connectivity index (χ1n) is 11.3. The van der Waals surface area contributed by atoms with E-state index >= 15 is 0 Å². The van der Waals surface area contributed by atoms with E-state index in [9.17, 15) is 0 Å². The van der Waals surface area contributed by atoms with Gasteiger partial charge in [0, 0.05) is 6.61 Å². The van der Waals surface area contributed by atoms with E-state index in [4.69, 9.17) is 4.74 Å². The van der Waals surface area contributed by atoms with Crippen LogP contribution in [-0.4, -0.2) is 12.2 Å². The molecule has 0 aliphatic heterocycles. The van der Waals surface area contributed by atoms with Gasteiger partial charge >= 0.3 is 0 Å². The summed E-state index contributed by atoms with van der Waals surface area (Å²) >= 11 is 0. The highest BCUT2D eigenvalue weighted by molar-refractivity contribution is 4.88. The SMILES string of the molecule is CCCCCCCCC(CCCC)C(CCC)(CCC)OCCC. The molecule has 1 nitrogen and oxygen atoms in total. The number of hydrogen-bond donors (Lipinski definition) is 0. The molecule has 0 rings (SSSR count). The zero-order valence-electron chi connectivity index (χ0n) is 17.8. The zero-order chi connectivity index (χ0) is 18.1. The Morgan fingerprint density at radius 2 is 1.12 bits per heavy atom. The fourth-order valence-electron chi connectivity index (χ4n) is 4.24. The Morgan fingerprint density at radius 3 is 1.67 bits per heavy atom. The lowest BCUT2D eigenvalue weighted by molar-refractivity contribution is -0.105. The van der Waals surface area contributed by atoms with Gasteiger partial charge in [0.25, 0.3) is 0 Å². The van der Waals surface area contributed by atoms with Crippen LogP contribution in [0.15, 0.2) is 0 Å². The molecule has 1 unspecified atom stereocenters. The molecule has 1 atom stereocenters. The largest absolute Gasteiger partial charge is 0.375 e. The lowest BCUT2D eigenvalue weighted by Crippen LogP contribution is -2.41. The summed E-state index contributed by atoms with van der Waals surface area (Å²) in [5.41, 5.74) is 0.165. The van der Waals surface area contributed by atoms with E-state index < -0.39 is 0 Å². The first kappa shape index (κ1) is 24.0. The van der Waals surface area contributed by atoms with Gasteiger partial charge in [0.1, 0.15) is 0 Å². The van der Waals surface area contributed by atoms with Crippen molar-refractivity contribution < 1.29 is 4.74 Å². The third-order valence-electron chi connectivity index (χ3n) is 5.50. The highest BCUT2D eigenvalue weighted by Gasteiger charge is 2.37. The molecule has 0 saturated carbocycles. The van der Waals surface area contributed by atoms with Gasteiger partial charge in [-0.1, -0.05) is 98.8 Å². The molecule has 0 aromatic carbocycles. The third kappa shape index (κ3) is 10.1. The molecule has 146 valence electrons. The molecule has 0 heterocycles. The van der Waals surface area contributed by atoms with Crippen LogP contribution in [0.2, 0.25) is 0 Å². The lowest BCUT2D eigenvalue weighted by atomic mass is 9.74. The minimum atomic E-state index is 0.165. The molecule has 0 aromatic heterocycles. The van der Waals surface area contributed by atoms with Crippen molar-refractivity contribution in [1.29, 1.82) is 0 Å². The van der Waals surface area contributed by atoms with Crippen molar-refractivity contribution in [3.8, 4) is 0 Å². The maximum absolute atomic E-state index is 6.61. The van der Waals surface area contributed by atoms with E-state index in [1.54, 1.807) is 0 Å². The monoisotopic (exact) mass is 340 g/mol. The summed E-state index contributed by atoms with van der Waals surface area (Å²) in [5.74, 6) is 0.773. The second-order valence-corrected chi connectivity index (χ2v) is 7.81. The Kier molecular flexibility index (Phi) is 16.4. The average Bonchev–Trinajstić information content (AvgIpc) is 2.58. The molecule has 1 heteroatoms. The molecule has 0 aromatic rings. The van der Waals surface area contributed by atoms with Gasteiger partial charge in [-0.3, -0.25) is 0 Å². The Balaban J connectivity index is 4.78. The number of unbranched alkanes of at least 4 members (excludes halogenated alkanes) is 6. The van der Waals surface area contributed by atoms with Crippen molar-refractivity contribution in [2.75, 3.05) is 6.61 Å². The third-order valence-corrected chi connectivity index (χ3v) is 5.50. The van der Waals surface area contributed by atoms with Gasteiger partial charge in [-0.2, -0.15) is 0 Å². The van der Waals surface area contributed by atoms with Crippen molar-refractivity contribution in [2.45, 2.75) is 137 Å². The summed E-state index contributed by atoms with van der Waals surface area (Å²) in [7, 11) is 0. The van der Waals surface area contributed by atoms with Crippen LogP contribution in [0, 0.1) is 5.92 Å². The van der Waals surface area contributed by atoms with Crippen LogP contribution in [0.1, 0.15) is 131 Å². The summed E-state index contributed by atoms with van der Waals surface area (Å²) in [4.78, 5) is 0. The summed E-state index contributed by atoms with van der Waals surface area (Å²) in [6, 6.07) is 0. The predicted molar refractivity (Wildman–Crippen MR) is 110 cm³/mol. The molecule has 0 saturated heterocycles.